The zero-order valence-corrected chi connectivity index (χ0v) is 16.8. The molecule has 28 heavy (non-hydrogen) atoms. The second kappa shape index (κ2) is 9.80. The summed E-state index contributed by atoms with van der Waals surface area (Å²) in [5.74, 6) is 1.57. The number of benzene rings is 1. The van der Waals surface area contributed by atoms with Gasteiger partial charge in [-0.25, -0.2) is 4.98 Å². The maximum Gasteiger partial charge on any atom is 0.227 e. The predicted octanol–water partition coefficient (Wildman–Crippen LogP) is 3.19. The second-order valence-electron chi connectivity index (χ2n) is 7.06. The summed E-state index contributed by atoms with van der Waals surface area (Å²) < 4.78 is 0. The lowest BCUT2D eigenvalue weighted by atomic mass is 10.1. The first-order valence-electron chi connectivity index (χ1n) is 9.55. The van der Waals surface area contributed by atoms with Crippen LogP contribution in [-0.4, -0.2) is 60.6 Å². The van der Waals surface area contributed by atoms with Crippen LogP contribution in [0.2, 0.25) is 0 Å². The fourth-order valence-electron chi connectivity index (χ4n) is 2.81. The molecule has 0 amide bonds. The van der Waals surface area contributed by atoms with E-state index in [1.54, 1.807) is 0 Å². The van der Waals surface area contributed by atoms with Crippen molar-refractivity contribution >= 4 is 11.8 Å². The van der Waals surface area contributed by atoms with Gasteiger partial charge in [0, 0.05) is 50.7 Å². The van der Waals surface area contributed by atoms with Crippen LogP contribution in [0.5, 0.6) is 0 Å². The van der Waals surface area contributed by atoms with E-state index in [2.05, 4.69) is 46.3 Å². The number of aromatic nitrogens is 3. The summed E-state index contributed by atoms with van der Waals surface area (Å²) in [6.45, 7) is 2.61. The largest absolute Gasteiger partial charge is 0.369 e. The molecule has 0 aliphatic rings. The van der Waals surface area contributed by atoms with Crippen molar-refractivity contribution in [2.75, 3.05) is 51.0 Å². The van der Waals surface area contributed by atoms with Crippen LogP contribution in [0.4, 0.5) is 11.8 Å². The molecule has 0 saturated heterocycles. The van der Waals surface area contributed by atoms with E-state index in [1.807, 2.05) is 55.8 Å². The van der Waals surface area contributed by atoms with Crippen molar-refractivity contribution in [3.63, 3.8) is 0 Å². The standard InChI is InChI=1S/C22H28N6/c1-27(2)16-14-24-21-17-20(19-7-5-4-6-8-19)25-22(26-21)28(3)15-11-18-9-12-23-13-10-18/h4-10,12-13,17H,11,14-16H2,1-3H3,(H,24,25,26). The molecule has 3 aromatic rings. The zero-order valence-electron chi connectivity index (χ0n) is 16.8. The Morgan fingerprint density at radius 1 is 0.893 bits per heavy atom. The van der Waals surface area contributed by atoms with Gasteiger partial charge in [-0.15, -0.1) is 0 Å². The van der Waals surface area contributed by atoms with Gasteiger partial charge in [0.25, 0.3) is 0 Å². The molecule has 2 heterocycles. The van der Waals surface area contributed by atoms with Gasteiger partial charge in [-0.1, -0.05) is 30.3 Å². The molecule has 1 aromatic carbocycles. The molecule has 0 radical (unpaired) electrons. The van der Waals surface area contributed by atoms with Crippen molar-refractivity contribution in [3.05, 3.63) is 66.5 Å². The van der Waals surface area contributed by atoms with Crippen molar-refractivity contribution < 1.29 is 0 Å². The third-order valence-corrected chi connectivity index (χ3v) is 4.48. The van der Waals surface area contributed by atoms with E-state index >= 15 is 0 Å². The molecule has 0 bridgehead atoms. The van der Waals surface area contributed by atoms with Crippen LogP contribution in [-0.2, 0) is 6.42 Å². The second-order valence-corrected chi connectivity index (χ2v) is 7.06. The van der Waals surface area contributed by atoms with Gasteiger partial charge in [0.05, 0.1) is 5.69 Å². The lowest BCUT2D eigenvalue weighted by molar-refractivity contribution is 0.425. The molecule has 3 rings (SSSR count). The lowest BCUT2D eigenvalue weighted by Crippen LogP contribution is -2.24. The first kappa shape index (κ1) is 19.8. The molecule has 146 valence electrons. The maximum absolute atomic E-state index is 4.81. The Kier molecular flexibility index (Phi) is 6.92. The van der Waals surface area contributed by atoms with Crippen LogP contribution in [0, 0.1) is 0 Å². The third-order valence-electron chi connectivity index (χ3n) is 4.48. The number of likely N-dealkylation sites (N-methyl/N-ethyl adjacent to an activating group) is 2. The highest BCUT2D eigenvalue weighted by molar-refractivity contribution is 5.64. The SMILES string of the molecule is CN(C)CCNc1cc(-c2ccccc2)nc(N(C)CCc2ccncc2)n1. The van der Waals surface area contributed by atoms with E-state index < -0.39 is 0 Å². The van der Waals surface area contributed by atoms with Gasteiger partial charge in [0.15, 0.2) is 0 Å². The molecule has 6 heteroatoms. The highest BCUT2D eigenvalue weighted by atomic mass is 15.2. The van der Waals surface area contributed by atoms with Gasteiger partial charge in [-0.2, -0.15) is 4.98 Å². The maximum atomic E-state index is 4.81. The highest BCUT2D eigenvalue weighted by Crippen LogP contribution is 2.22. The molecule has 0 aliphatic heterocycles. The summed E-state index contributed by atoms with van der Waals surface area (Å²) in [5, 5.41) is 3.43. The molecule has 0 fully saturated rings. The van der Waals surface area contributed by atoms with E-state index in [0.717, 1.165) is 49.1 Å². The van der Waals surface area contributed by atoms with Crippen LogP contribution >= 0.6 is 0 Å². The molecule has 0 saturated carbocycles. The number of hydrogen-bond acceptors (Lipinski definition) is 6. The van der Waals surface area contributed by atoms with Crippen molar-refractivity contribution in [3.8, 4) is 11.3 Å². The minimum absolute atomic E-state index is 0.725. The van der Waals surface area contributed by atoms with Crippen LogP contribution in [0.1, 0.15) is 5.56 Å². The molecule has 1 N–H and O–H groups in total. The molecular weight excluding hydrogens is 348 g/mol. The zero-order chi connectivity index (χ0) is 19.8. The van der Waals surface area contributed by atoms with Crippen molar-refractivity contribution in [1.82, 2.24) is 19.9 Å². The molecule has 0 aliphatic carbocycles. The fraction of sp³-hybridized carbons (Fsp3) is 0.318. The topological polar surface area (TPSA) is 57.2 Å². The van der Waals surface area contributed by atoms with Crippen LogP contribution in [0.25, 0.3) is 11.3 Å². The highest BCUT2D eigenvalue weighted by Gasteiger charge is 2.11. The molecule has 2 aromatic heterocycles. The first-order valence-corrected chi connectivity index (χ1v) is 9.55. The minimum Gasteiger partial charge on any atom is -0.369 e. The Morgan fingerprint density at radius 2 is 1.64 bits per heavy atom. The Labute approximate surface area is 167 Å². The van der Waals surface area contributed by atoms with E-state index in [-0.39, 0.29) is 0 Å². The number of nitrogens with one attached hydrogen (secondary N) is 1. The molecule has 0 spiro atoms. The van der Waals surface area contributed by atoms with Gasteiger partial charge in [0.1, 0.15) is 5.82 Å². The van der Waals surface area contributed by atoms with Crippen molar-refractivity contribution in [2.24, 2.45) is 0 Å². The third kappa shape index (κ3) is 5.76. The van der Waals surface area contributed by atoms with E-state index in [9.17, 15) is 0 Å². The van der Waals surface area contributed by atoms with Crippen LogP contribution < -0.4 is 10.2 Å². The van der Waals surface area contributed by atoms with Crippen LogP contribution in [0.3, 0.4) is 0 Å². The molecule has 0 unspecified atom stereocenters. The lowest BCUT2D eigenvalue weighted by Gasteiger charge is -2.19. The molecule has 0 atom stereocenters. The van der Waals surface area contributed by atoms with Gasteiger partial charge in [-0.05, 0) is 38.2 Å². The normalized spacial score (nSPS) is 10.9. The summed E-state index contributed by atoms with van der Waals surface area (Å²) in [6.07, 6.45) is 4.57. The summed E-state index contributed by atoms with van der Waals surface area (Å²) in [7, 11) is 6.17. The summed E-state index contributed by atoms with van der Waals surface area (Å²) in [5.41, 5.74) is 3.27. The molecule has 6 nitrogen and oxygen atoms in total. The summed E-state index contributed by atoms with van der Waals surface area (Å²) in [6, 6.07) is 16.3. The fourth-order valence-corrected chi connectivity index (χ4v) is 2.81. The number of hydrogen-bond donors (Lipinski definition) is 1. The Morgan fingerprint density at radius 3 is 2.36 bits per heavy atom. The Hall–Kier alpha value is -2.99. The van der Waals surface area contributed by atoms with Gasteiger partial charge >= 0.3 is 0 Å². The number of pyridine rings is 1. The molecular formula is C22H28N6. The summed E-state index contributed by atoms with van der Waals surface area (Å²) >= 11 is 0. The predicted molar refractivity (Wildman–Crippen MR) is 116 cm³/mol. The Balaban J connectivity index is 1.79. The van der Waals surface area contributed by atoms with Gasteiger partial charge in [0.2, 0.25) is 5.95 Å². The van der Waals surface area contributed by atoms with E-state index in [0.29, 0.717) is 0 Å². The number of anilines is 2. The quantitative estimate of drug-likeness (QED) is 0.619. The number of rotatable bonds is 9. The first-order chi connectivity index (χ1) is 13.6. The average molecular weight is 377 g/mol. The average Bonchev–Trinajstić information content (AvgIpc) is 2.73. The summed E-state index contributed by atoms with van der Waals surface area (Å²) in [4.78, 5) is 17.9. The van der Waals surface area contributed by atoms with Gasteiger partial charge in [-0.3, -0.25) is 4.98 Å². The van der Waals surface area contributed by atoms with Crippen molar-refractivity contribution in [1.29, 1.82) is 0 Å². The Bertz CT molecular complexity index is 851. The van der Waals surface area contributed by atoms with Crippen molar-refractivity contribution in [2.45, 2.75) is 6.42 Å². The van der Waals surface area contributed by atoms with Crippen LogP contribution in [0.15, 0.2) is 60.9 Å². The van der Waals surface area contributed by atoms with E-state index in [1.165, 1.54) is 5.56 Å². The minimum atomic E-state index is 0.725. The smallest absolute Gasteiger partial charge is 0.227 e. The van der Waals surface area contributed by atoms with Gasteiger partial charge < -0.3 is 15.1 Å². The van der Waals surface area contributed by atoms with E-state index in [4.69, 9.17) is 9.97 Å². The monoisotopic (exact) mass is 376 g/mol. The number of nitrogens with zero attached hydrogens (tertiary/aromatic N) is 5.